The van der Waals surface area contributed by atoms with Crippen LogP contribution in [0, 0.1) is 0 Å². The summed E-state index contributed by atoms with van der Waals surface area (Å²) < 4.78 is 47.4. The van der Waals surface area contributed by atoms with Crippen molar-refractivity contribution >= 4 is 18.9 Å². The lowest BCUT2D eigenvalue weighted by Gasteiger charge is -2.28. The summed E-state index contributed by atoms with van der Waals surface area (Å²) in [6, 6.07) is 0.899. The highest BCUT2D eigenvalue weighted by molar-refractivity contribution is 7.85. The van der Waals surface area contributed by atoms with Gasteiger partial charge in [-0.15, -0.1) is 0 Å². The van der Waals surface area contributed by atoms with Gasteiger partial charge >= 0.3 is 8.80 Å². The van der Waals surface area contributed by atoms with Crippen LogP contribution < -0.4 is 0 Å². The Hall–Kier alpha value is 0.00688. The molecule has 0 saturated carbocycles. The van der Waals surface area contributed by atoms with E-state index in [9.17, 15) is 8.42 Å². The molecule has 0 heterocycles. The monoisotopic (exact) mass is 412 g/mol. The van der Waals surface area contributed by atoms with Gasteiger partial charge in [-0.2, -0.15) is 8.42 Å². The van der Waals surface area contributed by atoms with Crippen molar-refractivity contribution in [3.8, 4) is 0 Å². The Balaban J connectivity index is 3.64. The van der Waals surface area contributed by atoms with Crippen LogP contribution in [0.15, 0.2) is 0 Å². The molecule has 26 heavy (non-hydrogen) atoms. The fraction of sp³-hybridized carbons (Fsp3) is 1.00. The van der Waals surface area contributed by atoms with E-state index in [0.717, 1.165) is 31.7 Å². The number of hydrogen-bond donors (Lipinski definition) is 1. The van der Waals surface area contributed by atoms with Crippen LogP contribution >= 0.6 is 0 Å². The lowest BCUT2D eigenvalue weighted by Crippen LogP contribution is -2.45. The molecule has 158 valence electrons. The molecule has 0 aromatic carbocycles. The summed E-state index contributed by atoms with van der Waals surface area (Å²) in [6.07, 6.45) is 10.8. The Morgan fingerprint density at radius 1 is 0.654 bits per heavy atom. The minimum atomic E-state index is -3.78. The van der Waals surface area contributed by atoms with Gasteiger partial charge in [0.2, 0.25) is 0 Å². The number of rotatable bonds is 19. The van der Waals surface area contributed by atoms with Crippen molar-refractivity contribution in [2.75, 3.05) is 25.6 Å². The third-order valence-electron chi connectivity index (χ3n) is 4.23. The molecule has 0 spiro atoms. The fourth-order valence-corrected chi connectivity index (χ4v) is 6.30. The predicted octanol–water partition coefficient (Wildman–Crippen LogP) is 4.82. The maximum absolute atomic E-state index is 10.6. The lowest BCUT2D eigenvalue weighted by atomic mass is 10.1. The molecule has 0 amide bonds. The highest BCUT2D eigenvalue weighted by Gasteiger charge is 2.39. The molecule has 0 aliphatic heterocycles. The van der Waals surface area contributed by atoms with Gasteiger partial charge in [0.15, 0.2) is 0 Å². The Kier molecular flexibility index (Phi) is 16.0. The zero-order valence-electron chi connectivity index (χ0n) is 17.0. The van der Waals surface area contributed by atoms with E-state index in [1.54, 1.807) is 0 Å². The molecule has 0 aliphatic rings. The maximum atomic E-state index is 10.6. The fourth-order valence-electron chi connectivity index (χ4n) is 3.04. The highest BCUT2D eigenvalue weighted by atomic mass is 32.2. The molecule has 0 aliphatic carbocycles. The molecule has 0 rings (SSSR count). The van der Waals surface area contributed by atoms with Crippen LogP contribution in [-0.2, 0) is 23.4 Å². The standard InChI is InChI=1S/C18H40O6SSi/c1-4-22-26(23-5-2,24-6-3)18-16-14-12-10-8-7-9-11-13-15-17-25(19,20)21/h4-18H2,1-3H3,(H,19,20,21). The van der Waals surface area contributed by atoms with E-state index < -0.39 is 18.9 Å². The van der Waals surface area contributed by atoms with E-state index in [4.69, 9.17) is 17.8 Å². The summed E-state index contributed by atoms with van der Waals surface area (Å²) in [5, 5.41) is 0. The lowest BCUT2D eigenvalue weighted by molar-refractivity contribution is 0.0706. The average Bonchev–Trinajstić information content (AvgIpc) is 2.55. The first-order valence-electron chi connectivity index (χ1n) is 10.3. The average molecular weight is 413 g/mol. The Labute approximate surface area is 162 Å². The molecular formula is C18H40O6SSi. The molecule has 6 nitrogen and oxygen atoms in total. The van der Waals surface area contributed by atoms with Crippen LogP contribution in [0.4, 0.5) is 0 Å². The van der Waals surface area contributed by atoms with Gasteiger partial charge in [-0.05, 0) is 33.6 Å². The van der Waals surface area contributed by atoms with Crippen molar-refractivity contribution < 1.29 is 26.2 Å². The van der Waals surface area contributed by atoms with Gasteiger partial charge < -0.3 is 13.3 Å². The quantitative estimate of drug-likeness (QED) is 0.186. The molecule has 8 heteroatoms. The minimum absolute atomic E-state index is 0.108. The van der Waals surface area contributed by atoms with Crippen LogP contribution in [0.5, 0.6) is 0 Å². The van der Waals surface area contributed by atoms with Crippen molar-refractivity contribution in [3.05, 3.63) is 0 Å². The predicted molar refractivity (Wildman–Crippen MR) is 108 cm³/mol. The molecule has 0 bridgehead atoms. The van der Waals surface area contributed by atoms with E-state index in [0.29, 0.717) is 26.2 Å². The van der Waals surface area contributed by atoms with Crippen LogP contribution in [0.25, 0.3) is 0 Å². The first-order valence-corrected chi connectivity index (χ1v) is 13.8. The molecule has 0 fully saturated rings. The van der Waals surface area contributed by atoms with Gasteiger partial charge in [-0.25, -0.2) is 0 Å². The molecule has 0 unspecified atom stereocenters. The van der Waals surface area contributed by atoms with E-state index >= 15 is 0 Å². The largest absolute Gasteiger partial charge is 0.500 e. The second kappa shape index (κ2) is 16.0. The molecule has 0 radical (unpaired) electrons. The van der Waals surface area contributed by atoms with Crippen molar-refractivity contribution in [2.24, 2.45) is 0 Å². The zero-order valence-corrected chi connectivity index (χ0v) is 18.8. The normalized spacial score (nSPS) is 12.6. The summed E-state index contributed by atoms with van der Waals surface area (Å²) >= 11 is 0. The molecule has 1 N–H and O–H groups in total. The second-order valence-corrected chi connectivity index (χ2v) is 10.9. The van der Waals surface area contributed by atoms with E-state index in [1.165, 1.54) is 32.1 Å². The Bertz CT molecular complexity index is 399. The topological polar surface area (TPSA) is 82.1 Å². The van der Waals surface area contributed by atoms with Crippen molar-refractivity contribution in [2.45, 2.75) is 91.0 Å². The molecule has 0 aromatic heterocycles. The summed E-state index contributed by atoms with van der Waals surface area (Å²) in [7, 11) is -6.24. The van der Waals surface area contributed by atoms with Crippen molar-refractivity contribution in [3.63, 3.8) is 0 Å². The smallest absolute Gasteiger partial charge is 0.374 e. The molecular weight excluding hydrogens is 372 g/mol. The van der Waals surface area contributed by atoms with Crippen LogP contribution in [0.2, 0.25) is 6.04 Å². The van der Waals surface area contributed by atoms with E-state index in [2.05, 4.69) is 0 Å². The SMILES string of the molecule is CCO[Si](CCCCCCCCCCCCS(=O)(=O)O)(OCC)OCC. The first kappa shape index (κ1) is 26.0. The van der Waals surface area contributed by atoms with Crippen molar-refractivity contribution in [1.82, 2.24) is 0 Å². The van der Waals surface area contributed by atoms with Crippen LogP contribution in [0.1, 0.15) is 85.0 Å². The third kappa shape index (κ3) is 15.1. The molecule has 0 atom stereocenters. The van der Waals surface area contributed by atoms with Gasteiger partial charge in [0.1, 0.15) is 0 Å². The molecule has 0 aromatic rings. The Morgan fingerprint density at radius 3 is 1.35 bits per heavy atom. The van der Waals surface area contributed by atoms with Gasteiger partial charge in [0.05, 0.1) is 5.75 Å². The summed E-state index contributed by atoms with van der Waals surface area (Å²) in [6.45, 7) is 7.87. The highest BCUT2D eigenvalue weighted by Crippen LogP contribution is 2.21. The summed E-state index contributed by atoms with van der Waals surface area (Å²) in [5.74, 6) is -0.108. The zero-order chi connectivity index (χ0) is 19.7. The van der Waals surface area contributed by atoms with Gasteiger partial charge in [0.25, 0.3) is 10.1 Å². The number of unbranched alkanes of at least 4 members (excludes halogenated alkanes) is 9. The van der Waals surface area contributed by atoms with Gasteiger partial charge in [-0.1, -0.05) is 51.4 Å². The van der Waals surface area contributed by atoms with E-state index in [1.807, 2.05) is 20.8 Å². The van der Waals surface area contributed by atoms with Crippen LogP contribution in [0.3, 0.4) is 0 Å². The molecule has 0 saturated heterocycles. The minimum Gasteiger partial charge on any atom is -0.374 e. The summed E-state index contributed by atoms with van der Waals surface area (Å²) in [4.78, 5) is 0. The number of hydrogen-bond acceptors (Lipinski definition) is 5. The van der Waals surface area contributed by atoms with Gasteiger partial charge in [-0.3, -0.25) is 4.55 Å². The Morgan fingerprint density at radius 2 is 1.00 bits per heavy atom. The second-order valence-electron chi connectivity index (χ2n) is 6.55. The summed E-state index contributed by atoms with van der Waals surface area (Å²) in [5.41, 5.74) is 0. The third-order valence-corrected chi connectivity index (χ3v) is 8.18. The maximum Gasteiger partial charge on any atom is 0.500 e. The van der Waals surface area contributed by atoms with Gasteiger partial charge in [0, 0.05) is 25.9 Å². The van der Waals surface area contributed by atoms with E-state index in [-0.39, 0.29) is 5.75 Å². The van der Waals surface area contributed by atoms with Crippen LogP contribution in [-0.4, -0.2) is 47.3 Å². The van der Waals surface area contributed by atoms with Crippen molar-refractivity contribution in [1.29, 1.82) is 0 Å². The first-order chi connectivity index (χ1) is 12.4.